The number of benzene rings is 2. The number of halogens is 2. The normalized spacial score (nSPS) is 15.0. The van der Waals surface area contributed by atoms with Gasteiger partial charge in [-0.15, -0.1) is 0 Å². The summed E-state index contributed by atoms with van der Waals surface area (Å²) in [6, 6.07) is 11.0. The molecule has 4 aromatic rings. The molecule has 172 valence electrons. The van der Waals surface area contributed by atoms with E-state index in [0.717, 1.165) is 6.07 Å². The molecule has 1 aliphatic heterocycles. The Balaban J connectivity index is 1.78. The van der Waals surface area contributed by atoms with Gasteiger partial charge in [-0.05, 0) is 55.0 Å². The summed E-state index contributed by atoms with van der Waals surface area (Å²) in [5, 5.41) is 0.433. The third-order valence-electron chi connectivity index (χ3n) is 5.59. The van der Waals surface area contributed by atoms with Crippen molar-refractivity contribution in [3.8, 4) is 11.5 Å². The standard InChI is InChI=1S/C25H18ClFN2O5/c1-3-33-18-7-4-13(10-19(18)32-2)22-21-23(30)16-11-15(27)6-8-17(16)34-24(21)25(31)29(22)20-9-5-14(26)12-28-20/h4-12,22H,3H2,1-2H3. The highest BCUT2D eigenvalue weighted by molar-refractivity contribution is 6.30. The van der Waals surface area contributed by atoms with Gasteiger partial charge in [-0.25, -0.2) is 9.37 Å². The third kappa shape index (κ3) is 3.47. The van der Waals surface area contributed by atoms with E-state index >= 15 is 0 Å². The van der Waals surface area contributed by atoms with Crippen LogP contribution in [0.2, 0.25) is 5.02 Å². The van der Waals surface area contributed by atoms with Gasteiger partial charge in [0.1, 0.15) is 17.2 Å². The molecule has 0 saturated carbocycles. The molecule has 1 atom stereocenters. The lowest BCUT2D eigenvalue weighted by Crippen LogP contribution is -2.30. The quantitative estimate of drug-likeness (QED) is 0.393. The molecule has 34 heavy (non-hydrogen) atoms. The zero-order valence-corrected chi connectivity index (χ0v) is 18.9. The van der Waals surface area contributed by atoms with Crippen LogP contribution in [0.4, 0.5) is 10.2 Å². The first-order valence-corrected chi connectivity index (χ1v) is 10.8. The number of pyridine rings is 1. The fourth-order valence-corrected chi connectivity index (χ4v) is 4.25. The zero-order chi connectivity index (χ0) is 24.0. The van der Waals surface area contributed by atoms with Crippen molar-refractivity contribution in [1.82, 2.24) is 4.98 Å². The summed E-state index contributed by atoms with van der Waals surface area (Å²) in [5.74, 6) is -0.0415. The van der Waals surface area contributed by atoms with Gasteiger partial charge >= 0.3 is 0 Å². The Labute approximate surface area is 198 Å². The number of fused-ring (bicyclic) bond motifs is 2. The maximum absolute atomic E-state index is 13.9. The summed E-state index contributed by atoms with van der Waals surface area (Å²) in [7, 11) is 1.50. The molecule has 1 amide bonds. The Hall–Kier alpha value is -3.91. The molecular weight excluding hydrogens is 463 g/mol. The van der Waals surface area contributed by atoms with Crippen LogP contribution in [0.5, 0.6) is 11.5 Å². The monoisotopic (exact) mass is 480 g/mol. The molecule has 0 fully saturated rings. The van der Waals surface area contributed by atoms with Crippen LogP contribution in [0.15, 0.2) is 63.9 Å². The van der Waals surface area contributed by atoms with Gasteiger partial charge in [-0.1, -0.05) is 17.7 Å². The first kappa shape index (κ1) is 21.9. The summed E-state index contributed by atoms with van der Waals surface area (Å²) in [5.41, 5.74) is 0.268. The lowest BCUT2D eigenvalue weighted by molar-refractivity contribution is 0.0970. The van der Waals surface area contributed by atoms with Crippen LogP contribution in [0.3, 0.4) is 0 Å². The summed E-state index contributed by atoms with van der Waals surface area (Å²) in [6.45, 7) is 2.28. The highest BCUT2D eigenvalue weighted by atomic mass is 35.5. The Morgan fingerprint density at radius 1 is 1.12 bits per heavy atom. The molecule has 0 radical (unpaired) electrons. The molecular formula is C25H18ClFN2O5. The minimum Gasteiger partial charge on any atom is -0.493 e. The molecule has 2 aromatic carbocycles. The molecule has 7 nitrogen and oxygen atoms in total. The van der Waals surface area contributed by atoms with Crippen LogP contribution in [-0.4, -0.2) is 24.6 Å². The Morgan fingerprint density at radius 2 is 1.94 bits per heavy atom. The molecule has 0 N–H and O–H groups in total. The number of ether oxygens (including phenoxy) is 2. The molecule has 5 rings (SSSR count). The van der Waals surface area contributed by atoms with E-state index in [4.69, 9.17) is 25.5 Å². The Kier molecular flexibility index (Phi) is 5.45. The highest BCUT2D eigenvalue weighted by Gasteiger charge is 2.44. The van der Waals surface area contributed by atoms with Crippen LogP contribution >= 0.6 is 11.6 Å². The fraction of sp³-hybridized carbons (Fsp3) is 0.160. The fourth-order valence-electron chi connectivity index (χ4n) is 4.14. The molecule has 2 aromatic heterocycles. The zero-order valence-electron chi connectivity index (χ0n) is 18.2. The van der Waals surface area contributed by atoms with Crippen molar-refractivity contribution in [2.24, 2.45) is 0 Å². The summed E-state index contributed by atoms with van der Waals surface area (Å²) in [4.78, 5) is 32.7. The van der Waals surface area contributed by atoms with E-state index in [1.807, 2.05) is 6.92 Å². The van der Waals surface area contributed by atoms with E-state index in [1.54, 1.807) is 30.3 Å². The van der Waals surface area contributed by atoms with Crippen LogP contribution in [0.25, 0.3) is 11.0 Å². The number of nitrogens with zero attached hydrogens (tertiary/aromatic N) is 2. The van der Waals surface area contributed by atoms with Crippen LogP contribution in [0.1, 0.15) is 34.6 Å². The van der Waals surface area contributed by atoms with Crippen molar-refractivity contribution < 1.29 is 23.1 Å². The SMILES string of the molecule is CCOc1ccc(C2c3c(oc4ccc(F)cc4c3=O)C(=O)N2c2ccc(Cl)cn2)cc1OC. The van der Waals surface area contributed by atoms with Crippen LogP contribution in [0, 0.1) is 5.82 Å². The minimum atomic E-state index is -0.898. The average molecular weight is 481 g/mol. The van der Waals surface area contributed by atoms with E-state index in [-0.39, 0.29) is 28.1 Å². The van der Waals surface area contributed by atoms with Crippen LogP contribution < -0.4 is 19.8 Å². The molecule has 0 saturated heterocycles. The number of carbonyl (C=O) groups excluding carboxylic acids is 1. The number of anilines is 1. The van der Waals surface area contributed by atoms with Gasteiger partial charge < -0.3 is 13.9 Å². The summed E-state index contributed by atoms with van der Waals surface area (Å²) in [6.07, 6.45) is 1.41. The predicted molar refractivity (Wildman–Crippen MR) is 125 cm³/mol. The third-order valence-corrected chi connectivity index (χ3v) is 5.82. The molecule has 3 heterocycles. The molecule has 1 aliphatic rings. The summed E-state index contributed by atoms with van der Waals surface area (Å²) >= 11 is 5.99. The largest absolute Gasteiger partial charge is 0.493 e. The van der Waals surface area contributed by atoms with Gasteiger partial charge in [-0.2, -0.15) is 0 Å². The van der Waals surface area contributed by atoms with Gasteiger partial charge in [0, 0.05) is 6.20 Å². The predicted octanol–water partition coefficient (Wildman–Crippen LogP) is 5.14. The number of rotatable bonds is 5. The molecule has 0 aliphatic carbocycles. The number of aromatic nitrogens is 1. The van der Waals surface area contributed by atoms with Gasteiger partial charge in [0.05, 0.1) is 35.7 Å². The van der Waals surface area contributed by atoms with E-state index < -0.39 is 23.2 Å². The molecule has 1 unspecified atom stereocenters. The first-order chi connectivity index (χ1) is 16.4. The highest BCUT2D eigenvalue weighted by Crippen LogP contribution is 2.42. The van der Waals surface area contributed by atoms with Crippen molar-refractivity contribution in [3.63, 3.8) is 0 Å². The number of methoxy groups -OCH3 is 1. The van der Waals surface area contributed by atoms with Gasteiger partial charge in [-0.3, -0.25) is 14.5 Å². The minimum absolute atomic E-state index is 0.0420. The second-order valence-electron chi connectivity index (χ2n) is 7.57. The van der Waals surface area contributed by atoms with Gasteiger partial charge in [0.2, 0.25) is 5.76 Å². The molecule has 9 heteroatoms. The first-order valence-electron chi connectivity index (χ1n) is 10.4. The van der Waals surface area contributed by atoms with Crippen molar-refractivity contribution >= 4 is 34.3 Å². The number of carbonyl (C=O) groups is 1. The maximum Gasteiger partial charge on any atom is 0.296 e. The smallest absolute Gasteiger partial charge is 0.296 e. The second kappa shape index (κ2) is 8.46. The van der Waals surface area contributed by atoms with Gasteiger partial charge in [0.25, 0.3) is 5.91 Å². The number of hydrogen-bond donors (Lipinski definition) is 0. The van der Waals surface area contributed by atoms with E-state index in [0.29, 0.717) is 28.7 Å². The number of amides is 1. The van der Waals surface area contributed by atoms with E-state index in [9.17, 15) is 14.0 Å². The summed E-state index contributed by atoms with van der Waals surface area (Å²) < 4.78 is 30.9. The van der Waals surface area contributed by atoms with E-state index in [1.165, 1.54) is 30.3 Å². The molecule has 0 bridgehead atoms. The lowest BCUT2D eigenvalue weighted by atomic mass is 9.98. The van der Waals surface area contributed by atoms with Crippen molar-refractivity contribution in [1.29, 1.82) is 0 Å². The Morgan fingerprint density at radius 3 is 2.65 bits per heavy atom. The Bertz CT molecular complexity index is 1490. The van der Waals surface area contributed by atoms with Crippen molar-refractivity contribution in [3.05, 3.63) is 92.7 Å². The van der Waals surface area contributed by atoms with Crippen LogP contribution in [-0.2, 0) is 0 Å². The van der Waals surface area contributed by atoms with E-state index in [2.05, 4.69) is 4.98 Å². The van der Waals surface area contributed by atoms with Crippen molar-refractivity contribution in [2.75, 3.05) is 18.6 Å². The number of hydrogen-bond acceptors (Lipinski definition) is 6. The maximum atomic E-state index is 13.9. The molecule has 0 spiro atoms. The lowest BCUT2D eigenvalue weighted by Gasteiger charge is -2.25. The topological polar surface area (TPSA) is 81.9 Å². The van der Waals surface area contributed by atoms with Gasteiger partial charge in [0.15, 0.2) is 16.9 Å². The van der Waals surface area contributed by atoms with Crippen molar-refractivity contribution in [2.45, 2.75) is 13.0 Å². The second-order valence-corrected chi connectivity index (χ2v) is 8.01. The average Bonchev–Trinajstić information content (AvgIpc) is 3.13.